The van der Waals surface area contributed by atoms with Crippen molar-refractivity contribution in [3.8, 4) is 23.1 Å². The number of anilines is 1. The highest BCUT2D eigenvalue weighted by molar-refractivity contribution is 5.59. The lowest BCUT2D eigenvalue weighted by Gasteiger charge is -2.08. The summed E-state index contributed by atoms with van der Waals surface area (Å²) in [5.74, 6) is 1.92. The first-order chi connectivity index (χ1) is 10.3. The van der Waals surface area contributed by atoms with Gasteiger partial charge in [0.2, 0.25) is 5.95 Å². The van der Waals surface area contributed by atoms with Crippen LogP contribution < -0.4 is 14.8 Å². The smallest absolute Gasteiger partial charge is 0.321 e. The molecule has 0 saturated heterocycles. The van der Waals surface area contributed by atoms with Crippen molar-refractivity contribution in [3.63, 3.8) is 0 Å². The molecule has 1 saturated carbocycles. The molecular weight excluding hydrogens is 268 g/mol. The van der Waals surface area contributed by atoms with Gasteiger partial charge in [-0.1, -0.05) is 12.1 Å². The molecule has 1 aromatic heterocycles. The van der Waals surface area contributed by atoms with E-state index in [1.165, 1.54) is 0 Å². The minimum atomic E-state index is 0.296. The second kappa shape index (κ2) is 5.95. The largest absolute Gasteiger partial charge is 0.490 e. The van der Waals surface area contributed by atoms with Gasteiger partial charge in [0.15, 0.2) is 5.82 Å². The quantitative estimate of drug-likeness (QED) is 0.880. The third-order valence-electron chi connectivity index (χ3n) is 3.05. The first-order valence-corrected chi connectivity index (χ1v) is 7.09. The molecule has 21 heavy (non-hydrogen) atoms. The molecule has 0 bridgehead atoms. The Kier molecular flexibility index (Phi) is 3.85. The first kappa shape index (κ1) is 13.6. The maximum atomic E-state index is 5.80. The molecule has 1 aliphatic carbocycles. The van der Waals surface area contributed by atoms with Gasteiger partial charge in [0.25, 0.3) is 0 Å². The lowest BCUT2D eigenvalue weighted by atomic mass is 10.2. The van der Waals surface area contributed by atoms with Crippen molar-refractivity contribution in [2.45, 2.75) is 25.9 Å². The van der Waals surface area contributed by atoms with E-state index in [1.807, 2.05) is 31.2 Å². The maximum absolute atomic E-state index is 5.80. The third kappa shape index (κ3) is 3.39. The van der Waals surface area contributed by atoms with Gasteiger partial charge in [-0.15, -0.1) is 0 Å². The summed E-state index contributed by atoms with van der Waals surface area (Å²) in [6.45, 7) is 2.72. The van der Waals surface area contributed by atoms with E-state index in [0.29, 0.717) is 23.9 Å². The Balaban J connectivity index is 1.92. The lowest BCUT2D eigenvalue weighted by Crippen LogP contribution is -2.06. The second-order valence-corrected chi connectivity index (χ2v) is 4.84. The van der Waals surface area contributed by atoms with Crippen molar-refractivity contribution in [2.75, 3.05) is 19.0 Å². The van der Waals surface area contributed by atoms with Gasteiger partial charge < -0.3 is 14.8 Å². The van der Waals surface area contributed by atoms with Crippen LogP contribution in [0, 0.1) is 0 Å². The van der Waals surface area contributed by atoms with E-state index in [2.05, 4.69) is 20.3 Å². The molecule has 0 spiro atoms. The highest BCUT2D eigenvalue weighted by Crippen LogP contribution is 2.29. The van der Waals surface area contributed by atoms with Gasteiger partial charge in [0.05, 0.1) is 13.2 Å². The van der Waals surface area contributed by atoms with Crippen LogP contribution >= 0.6 is 0 Å². The zero-order valence-electron chi connectivity index (χ0n) is 12.2. The molecule has 0 aliphatic heterocycles. The molecule has 0 atom stereocenters. The average Bonchev–Trinajstić information content (AvgIpc) is 3.31. The standard InChI is InChI=1S/C15H18N4O2/c1-3-16-14-17-13(18-15(19-14)20-2)10-5-4-6-12(9-10)21-11-7-8-11/h4-6,9,11H,3,7-8H2,1-2H3,(H,16,17,18,19). The Hall–Kier alpha value is -2.37. The fourth-order valence-electron chi connectivity index (χ4n) is 1.90. The van der Waals surface area contributed by atoms with Crippen LogP contribution in [0.5, 0.6) is 11.8 Å². The molecule has 3 rings (SSSR count). The van der Waals surface area contributed by atoms with E-state index in [0.717, 1.165) is 30.7 Å². The molecule has 6 nitrogen and oxygen atoms in total. The molecule has 1 aromatic carbocycles. The summed E-state index contributed by atoms with van der Waals surface area (Å²) >= 11 is 0. The molecule has 1 aliphatic rings. The van der Waals surface area contributed by atoms with Crippen LogP contribution in [0.3, 0.4) is 0 Å². The van der Waals surface area contributed by atoms with E-state index in [9.17, 15) is 0 Å². The number of nitrogens with one attached hydrogen (secondary N) is 1. The average molecular weight is 286 g/mol. The predicted molar refractivity (Wildman–Crippen MR) is 79.6 cm³/mol. The highest BCUT2D eigenvalue weighted by Gasteiger charge is 2.23. The Bertz CT molecular complexity index is 629. The normalized spacial score (nSPS) is 13.8. The van der Waals surface area contributed by atoms with Crippen LogP contribution in [0.2, 0.25) is 0 Å². The highest BCUT2D eigenvalue weighted by atomic mass is 16.5. The monoisotopic (exact) mass is 286 g/mol. The number of rotatable bonds is 6. The van der Waals surface area contributed by atoms with Gasteiger partial charge >= 0.3 is 6.01 Å². The summed E-state index contributed by atoms with van der Waals surface area (Å²) in [7, 11) is 1.54. The minimum Gasteiger partial charge on any atom is -0.490 e. The van der Waals surface area contributed by atoms with Crippen molar-refractivity contribution in [3.05, 3.63) is 24.3 Å². The third-order valence-corrected chi connectivity index (χ3v) is 3.05. The van der Waals surface area contributed by atoms with Crippen LogP contribution in [0.4, 0.5) is 5.95 Å². The molecule has 0 radical (unpaired) electrons. The Morgan fingerprint density at radius 3 is 2.81 bits per heavy atom. The predicted octanol–water partition coefficient (Wildman–Crippen LogP) is 2.52. The van der Waals surface area contributed by atoms with Crippen molar-refractivity contribution < 1.29 is 9.47 Å². The van der Waals surface area contributed by atoms with Gasteiger partial charge in [-0.25, -0.2) is 0 Å². The Morgan fingerprint density at radius 2 is 2.10 bits per heavy atom. The van der Waals surface area contributed by atoms with Crippen molar-refractivity contribution in [2.24, 2.45) is 0 Å². The van der Waals surface area contributed by atoms with Gasteiger partial charge in [-0.2, -0.15) is 15.0 Å². The minimum absolute atomic E-state index is 0.296. The van der Waals surface area contributed by atoms with Crippen LogP contribution in [0.25, 0.3) is 11.4 Å². The number of methoxy groups -OCH3 is 1. The van der Waals surface area contributed by atoms with E-state index < -0.39 is 0 Å². The summed E-state index contributed by atoms with van der Waals surface area (Å²) < 4.78 is 10.9. The lowest BCUT2D eigenvalue weighted by molar-refractivity contribution is 0.303. The molecule has 0 unspecified atom stereocenters. The van der Waals surface area contributed by atoms with Crippen LogP contribution in [-0.2, 0) is 0 Å². The molecule has 2 aromatic rings. The van der Waals surface area contributed by atoms with Crippen molar-refractivity contribution in [1.82, 2.24) is 15.0 Å². The van der Waals surface area contributed by atoms with Crippen molar-refractivity contribution in [1.29, 1.82) is 0 Å². The Morgan fingerprint density at radius 1 is 1.24 bits per heavy atom. The zero-order chi connectivity index (χ0) is 14.7. The summed E-state index contributed by atoms with van der Waals surface area (Å²) in [4.78, 5) is 12.9. The molecule has 1 heterocycles. The summed E-state index contributed by atoms with van der Waals surface area (Å²) in [6, 6.07) is 8.08. The van der Waals surface area contributed by atoms with Gasteiger partial charge in [0.1, 0.15) is 5.75 Å². The molecular formula is C15H18N4O2. The number of benzene rings is 1. The van der Waals surface area contributed by atoms with Gasteiger partial charge in [0, 0.05) is 12.1 Å². The van der Waals surface area contributed by atoms with Crippen LogP contribution in [0.1, 0.15) is 19.8 Å². The fourth-order valence-corrected chi connectivity index (χ4v) is 1.90. The molecule has 1 fully saturated rings. The van der Waals surface area contributed by atoms with E-state index in [4.69, 9.17) is 9.47 Å². The topological polar surface area (TPSA) is 69.2 Å². The van der Waals surface area contributed by atoms with E-state index >= 15 is 0 Å². The fraction of sp³-hybridized carbons (Fsp3) is 0.400. The Labute approximate surface area is 123 Å². The second-order valence-electron chi connectivity index (χ2n) is 4.84. The number of hydrogen-bond acceptors (Lipinski definition) is 6. The number of ether oxygens (including phenoxy) is 2. The number of aromatic nitrogens is 3. The van der Waals surface area contributed by atoms with E-state index in [-0.39, 0.29) is 0 Å². The van der Waals surface area contributed by atoms with Gasteiger partial charge in [-0.3, -0.25) is 0 Å². The van der Waals surface area contributed by atoms with Crippen LogP contribution in [-0.4, -0.2) is 34.7 Å². The summed E-state index contributed by atoms with van der Waals surface area (Å²) in [5, 5.41) is 3.08. The van der Waals surface area contributed by atoms with Gasteiger partial charge in [-0.05, 0) is 31.9 Å². The summed E-state index contributed by atoms with van der Waals surface area (Å²) in [6.07, 6.45) is 2.63. The molecule has 6 heteroatoms. The SMILES string of the molecule is CCNc1nc(OC)nc(-c2cccc(OC3CC3)c2)n1. The number of hydrogen-bond donors (Lipinski definition) is 1. The molecule has 1 N–H and O–H groups in total. The first-order valence-electron chi connectivity index (χ1n) is 7.09. The van der Waals surface area contributed by atoms with E-state index in [1.54, 1.807) is 7.11 Å². The molecule has 0 amide bonds. The summed E-state index contributed by atoms with van der Waals surface area (Å²) in [5.41, 5.74) is 0.882. The number of nitrogens with zero attached hydrogens (tertiary/aromatic N) is 3. The maximum Gasteiger partial charge on any atom is 0.321 e. The van der Waals surface area contributed by atoms with Crippen molar-refractivity contribution >= 4 is 5.95 Å². The molecule has 110 valence electrons. The van der Waals surface area contributed by atoms with Crippen LogP contribution in [0.15, 0.2) is 24.3 Å². The zero-order valence-corrected chi connectivity index (χ0v) is 12.2.